The van der Waals surface area contributed by atoms with E-state index in [2.05, 4.69) is 34.4 Å². The van der Waals surface area contributed by atoms with Crippen LogP contribution < -0.4 is 32.0 Å². The SMILES string of the molecule is CC.CC.CC.CN1CC2CCCN2C(/C=C(\N)c2ccccc2OCOP(O)O)=C1N.Cc1cc(CN2CCN(c3ccc4c(c3)C(=O)N(C3CCC(=O)NC3=O)C4)CC2)c[nH]c1=O. The highest BCUT2D eigenvalue weighted by Crippen LogP contribution is 2.34. The number of rotatable bonds is 10. The molecule has 1 aromatic heterocycles. The summed E-state index contributed by atoms with van der Waals surface area (Å²) in [6.45, 7) is 20.1. The number of carbonyl (C=O) groups is 3. The standard InChI is InChI=1S/C24H27N5O4.C17H25N4O4P.3C2H6/c1-15-10-16(12-25-22(15)31)13-27-6-8-28(9-7-27)18-3-2-17-14-29(24(33)19(17)11-18)20-4-5-21(30)26-23(20)32;1-20-10-12-5-4-8-21(12)15(17(20)19)9-14(18)13-6-2-3-7-16(13)24-11-25-26(22)23;3*1-2/h2-3,10-12,20H,4-9,13-14H2,1H3,(H,25,31)(H,26,30,32);2-3,6-7,9,12,22-23H,4-5,8,10-11,18-19H2,1H3;3*1-2H3/b;14-9-;;;. The van der Waals surface area contributed by atoms with E-state index in [4.69, 9.17) is 26.0 Å². The van der Waals surface area contributed by atoms with Crippen molar-refractivity contribution < 1.29 is 33.4 Å². The van der Waals surface area contributed by atoms with Crippen molar-refractivity contribution in [3.8, 4) is 5.75 Å². The molecule has 356 valence electrons. The van der Waals surface area contributed by atoms with Crippen molar-refractivity contribution in [3.63, 3.8) is 0 Å². The molecule has 2 unspecified atom stereocenters. The summed E-state index contributed by atoms with van der Waals surface area (Å²) in [5.41, 5.74) is 19.2. The van der Waals surface area contributed by atoms with E-state index in [1.54, 1.807) is 17.2 Å². The molecule has 3 aromatic rings. The number of ether oxygens (including phenoxy) is 1. The highest BCUT2D eigenvalue weighted by Gasteiger charge is 2.39. The number of allylic oxidation sites excluding steroid dienone is 1. The third-order valence-electron chi connectivity index (χ3n) is 11.5. The molecule has 3 amide bonds. The summed E-state index contributed by atoms with van der Waals surface area (Å²) >= 11 is 0. The lowest BCUT2D eigenvalue weighted by molar-refractivity contribution is -0.136. The molecule has 0 saturated carbocycles. The summed E-state index contributed by atoms with van der Waals surface area (Å²) < 4.78 is 10.1. The molecule has 8 rings (SSSR count). The first-order valence-electron chi connectivity index (χ1n) is 22.8. The van der Waals surface area contributed by atoms with Gasteiger partial charge in [0.1, 0.15) is 17.6 Å². The van der Waals surface area contributed by atoms with Crippen LogP contribution in [0.1, 0.15) is 99.8 Å². The Bertz CT molecular complexity index is 2190. The molecule has 65 heavy (non-hydrogen) atoms. The molecule has 0 aliphatic carbocycles. The number of pyridine rings is 1. The number of H-pyrrole nitrogens is 1. The van der Waals surface area contributed by atoms with Crippen LogP contribution in [0, 0.1) is 6.92 Å². The van der Waals surface area contributed by atoms with Gasteiger partial charge in [0.05, 0.1) is 5.70 Å². The first-order chi connectivity index (χ1) is 31.4. The Morgan fingerprint density at radius 3 is 2.31 bits per heavy atom. The van der Waals surface area contributed by atoms with Gasteiger partial charge in [0.15, 0.2) is 6.79 Å². The van der Waals surface area contributed by atoms with E-state index in [0.717, 1.165) is 86.7 Å². The van der Waals surface area contributed by atoms with Gasteiger partial charge in [-0.15, -0.1) is 0 Å². The maximum Gasteiger partial charge on any atom is 0.330 e. The highest BCUT2D eigenvalue weighted by atomic mass is 31.2. The van der Waals surface area contributed by atoms with Gasteiger partial charge in [-0.3, -0.25) is 33.9 Å². The van der Waals surface area contributed by atoms with Gasteiger partial charge in [-0.1, -0.05) is 59.7 Å². The number of nitrogens with one attached hydrogen (secondary N) is 2. The van der Waals surface area contributed by atoms with Crippen LogP contribution in [0.2, 0.25) is 0 Å². The third-order valence-corrected chi connectivity index (χ3v) is 11.9. The number of likely N-dealkylation sites (N-methyl/N-ethyl adjacent to an activating group) is 1. The van der Waals surface area contributed by atoms with Crippen molar-refractivity contribution in [2.24, 2.45) is 11.5 Å². The minimum atomic E-state index is -2.46. The maximum absolute atomic E-state index is 13.1. The third kappa shape index (κ3) is 13.3. The number of benzene rings is 2. The van der Waals surface area contributed by atoms with Crippen LogP contribution in [0.3, 0.4) is 0 Å². The average Bonchev–Trinajstić information content (AvgIpc) is 3.92. The fourth-order valence-corrected chi connectivity index (χ4v) is 8.51. The van der Waals surface area contributed by atoms with Crippen molar-refractivity contribution >= 4 is 37.7 Å². The van der Waals surface area contributed by atoms with E-state index in [1.165, 1.54) is 0 Å². The van der Waals surface area contributed by atoms with Crippen molar-refractivity contribution in [3.05, 3.63) is 110 Å². The summed E-state index contributed by atoms with van der Waals surface area (Å²) in [5.74, 6) is 0.394. The molecule has 3 fully saturated rings. The zero-order valence-electron chi connectivity index (χ0n) is 39.3. The summed E-state index contributed by atoms with van der Waals surface area (Å²) in [6, 6.07) is 15.0. The minimum Gasteiger partial charge on any atom is -0.466 e. The van der Waals surface area contributed by atoms with Crippen molar-refractivity contribution in [2.75, 3.05) is 58.0 Å². The molecule has 0 bridgehead atoms. The fraction of sp³-hybridized carbons (Fsp3) is 0.489. The van der Waals surface area contributed by atoms with Gasteiger partial charge in [0.2, 0.25) is 11.8 Å². The van der Waals surface area contributed by atoms with Gasteiger partial charge < -0.3 is 50.6 Å². The second-order valence-corrected chi connectivity index (χ2v) is 16.2. The number of hydrogen-bond donors (Lipinski definition) is 6. The van der Waals surface area contributed by atoms with Gasteiger partial charge in [0.25, 0.3) is 11.5 Å². The van der Waals surface area contributed by atoms with E-state index in [-0.39, 0.29) is 36.5 Å². The number of nitrogens with zero attached hydrogens (tertiary/aromatic N) is 5. The number of nitrogens with two attached hydrogens (primary N) is 2. The first-order valence-corrected chi connectivity index (χ1v) is 23.9. The molecule has 8 N–H and O–H groups in total. The van der Waals surface area contributed by atoms with Crippen LogP contribution in [0.4, 0.5) is 5.69 Å². The van der Waals surface area contributed by atoms with Gasteiger partial charge in [-0.05, 0) is 73.7 Å². The Balaban J connectivity index is 0.000000261. The predicted octanol–water partition coefficient (Wildman–Crippen LogP) is 4.93. The summed E-state index contributed by atoms with van der Waals surface area (Å²) in [6.07, 6.45) is 6.58. The molecule has 0 spiro atoms. The summed E-state index contributed by atoms with van der Waals surface area (Å²) in [4.78, 5) is 79.3. The first kappa shape index (κ1) is 52.2. The van der Waals surface area contributed by atoms with Crippen LogP contribution in [-0.4, -0.2) is 117 Å². The number of piperidine rings is 1. The Kier molecular flexibility index (Phi) is 20.3. The van der Waals surface area contributed by atoms with Crippen LogP contribution in [-0.2, 0) is 27.2 Å². The summed E-state index contributed by atoms with van der Waals surface area (Å²) in [5, 5.41) is 2.34. The Hall–Kier alpha value is -5.45. The molecular weight excluding hydrogens is 850 g/mol. The zero-order chi connectivity index (χ0) is 47.8. The topological polar surface area (TPSA) is 223 Å². The number of para-hydroxylation sites is 1. The van der Waals surface area contributed by atoms with Gasteiger partial charge in [-0.25, -0.2) is 0 Å². The summed E-state index contributed by atoms with van der Waals surface area (Å²) in [7, 11) is -0.469. The molecule has 2 aromatic carbocycles. The number of amides is 3. The lowest BCUT2D eigenvalue weighted by Gasteiger charge is -2.39. The van der Waals surface area contributed by atoms with Gasteiger partial charge >= 0.3 is 8.60 Å². The number of aryl methyl sites for hydroxylation is 1. The van der Waals surface area contributed by atoms with E-state index >= 15 is 0 Å². The van der Waals surface area contributed by atoms with E-state index in [1.807, 2.05) is 104 Å². The van der Waals surface area contributed by atoms with Crippen molar-refractivity contribution in [2.45, 2.75) is 99.3 Å². The largest absolute Gasteiger partial charge is 0.466 e. The normalized spacial score (nSPS) is 19.4. The quantitative estimate of drug-likeness (QED) is 0.0902. The number of piperazine rings is 1. The molecule has 3 saturated heterocycles. The maximum atomic E-state index is 13.1. The molecule has 0 radical (unpaired) electrons. The van der Waals surface area contributed by atoms with E-state index in [0.29, 0.717) is 47.4 Å². The second kappa shape index (κ2) is 25.3. The smallest absolute Gasteiger partial charge is 0.330 e. The number of aromatic amines is 1. The van der Waals surface area contributed by atoms with Crippen molar-refractivity contribution in [1.82, 2.24) is 29.9 Å². The van der Waals surface area contributed by atoms with Crippen LogP contribution in [0.5, 0.6) is 5.75 Å². The van der Waals surface area contributed by atoms with Crippen LogP contribution in [0.15, 0.2) is 77.1 Å². The number of imide groups is 1. The zero-order valence-corrected chi connectivity index (χ0v) is 40.2. The molecule has 5 aliphatic rings. The fourth-order valence-electron chi connectivity index (χ4n) is 8.36. The van der Waals surface area contributed by atoms with Crippen LogP contribution in [0.25, 0.3) is 5.70 Å². The van der Waals surface area contributed by atoms with E-state index in [9.17, 15) is 19.2 Å². The van der Waals surface area contributed by atoms with E-state index < -0.39 is 14.6 Å². The minimum absolute atomic E-state index is 0.0501. The molecule has 18 heteroatoms. The molecular formula is C47H70N9O8P. The molecule has 5 aliphatic heterocycles. The average molecular weight is 920 g/mol. The number of carbonyl (C=O) groups excluding carboxylic acids is 3. The Morgan fingerprint density at radius 2 is 1.63 bits per heavy atom. The molecule has 2 atom stereocenters. The molecule has 17 nitrogen and oxygen atoms in total. The molecule has 6 heterocycles. The monoisotopic (exact) mass is 920 g/mol. The van der Waals surface area contributed by atoms with Crippen LogP contribution >= 0.6 is 8.60 Å². The number of hydrogen-bond acceptors (Lipinski definition) is 14. The lowest BCUT2D eigenvalue weighted by Crippen LogP contribution is -2.52. The number of anilines is 1. The second-order valence-electron chi connectivity index (χ2n) is 15.4. The highest BCUT2D eigenvalue weighted by molar-refractivity contribution is 7.39. The number of fused-ring (bicyclic) bond motifs is 2. The Morgan fingerprint density at radius 1 is 0.923 bits per heavy atom. The van der Waals surface area contributed by atoms with Gasteiger partial charge in [0, 0.05) is 106 Å². The Labute approximate surface area is 385 Å². The lowest BCUT2D eigenvalue weighted by atomic mass is 10.0. The predicted molar refractivity (Wildman–Crippen MR) is 256 cm³/mol. The van der Waals surface area contributed by atoms with Crippen molar-refractivity contribution in [1.29, 1.82) is 0 Å². The van der Waals surface area contributed by atoms with Gasteiger partial charge in [-0.2, -0.15) is 0 Å². The number of aromatic nitrogens is 1.